The van der Waals surface area contributed by atoms with Crippen LogP contribution in [0.3, 0.4) is 0 Å². The van der Waals surface area contributed by atoms with E-state index in [9.17, 15) is 0 Å². The average Bonchev–Trinajstić information content (AvgIpc) is 4.08. The van der Waals surface area contributed by atoms with Gasteiger partial charge in [-0.2, -0.15) is 0 Å². The van der Waals surface area contributed by atoms with E-state index in [1.54, 1.807) is 0 Å². The molecular formula is C75H76N4O. The Kier molecular flexibility index (Phi) is 13.9. The van der Waals surface area contributed by atoms with Gasteiger partial charge in [-0.05, 0) is 140 Å². The highest BCUT2D eigenvalue weighted by Crippen LogP contribution is 2.43. The van der Waals surface area contributed by atoms with E-state index in [4.69, 9.17) is 9.72 Å². The van der Waals surface area contributed by atoms with Crippen LogP contribution in [0, 0.1) is 6.33 Å². The first kappa shape index (κ1) is 53.7. The molecule has 3 aromatic heterocycles. The van der Waals surface area contributed by atoms with Crippen LogP contribution in [-0.2, 0) is 21.7 Å². The minimum absolute atomic E-state index is 0.0242. The van der Waals surface area contributed by atoms with Crippen LogP contribution in [0.25, 0.3) is 50.3 Å². The lowest BCUT2D eigenvalue weighted by molar-refractivity contribution is -0.599. The van der Waals surface area contributed by atoms with Gasteiger partial charge in [-0.3, -0.25) is 13.7 Å². The Morgan fingerprint density at radius 2 is 1.00 bits per heavy atom. The van der Waals surface area contributed by atoms with Gasteiger partial charge < -0.3 is 4.74 Å². The number of imidazole rings is 1. The predicted molar refractivity (Wildman–Crippen MR) is 333 cm³/mol. The Bertz CT molecular complexity index is 3940. The van der Waals surface area contributed by atoms with E-state index in [0.717, 1.165) is 50.8 Å². The summed E-state index contributed by atoms with van der Waals surface area (Å²) in [5, 5.41) is 2.33. The summed E-state index contributed by atoms with van der Waals surface area (Å²) in [6, 6.07) is 72.8. The molecule has 0 atom stereocenters. The van der Waals surface area contributed by atoms with Crippen molar-refractivity contribution in [2.75, 3.05) is 0 Å². The molecule has 5 nitrogen and oxygen atoms in total. The van der Waals surface area contributed by atoms with Crippen molar-refractivity contribution < 1.29 is 9.30 Å². The maximum atomic E-state index is 7.03. The van der Waals surface area contributed by atoms with Crippen molar-refractivity contribution in [2.24, 2.45) is 0 Å². The Morgan fingerprint density at radius 3 is 1.56 bits per heavy atom. The summed E-state index contributed by atoms with van der Waals surface area (Å²) in [4.78, 5) is 5.09. The summed E-state index contributed by atoms with van der Waals surface area (Å²) in [6.07, 6.45) is 8.20. The Balaban J connectivity index is 1.07. The van der Waals surface area contributed by atoms with Crippen LogP contribution in [0.5, 0.6) is 11.5 Å². The Morgan fingerprint density at radius 1 is 0.450 bits per heavy atom. The highest BCUT2D eigenvalue weighted by atomic mass is 16.5. The molecule has 0 unspecified atom stereocenters. The van der Waals surface area contributed by atoms with Crippen LogP contribution in [0.15, 0.2) is 213 Å². The van der Waals surface area contributed by atoms with E-state index in [-0.39, 0.29) is 33.5 Å². The second-order valence-electron chi connectivity index (χ2n) is 25.2. The lowest BCUT2D eigenvalue weighted by Gasteiger charge is -2.32. The number of benzene rings is 8. The molecule has 5 heteroatoms. The molecule has 3 heterocycles. The highest BCUT2D eigenvalue weighted by molar-refractivity contribution is 6.09. The molecular weight excluding hydrogens is 973 g/mol. The van der Waals surface area contributed by atoms with E-state index in [1.165, 1.54) is 61.0 Å². The molecule has 0 fully saturated rings. The topological polar surface area (TPSA) is 35.9 Å². The molecule has 0 aliphatic heterocycles. The standard InChI is InChI=1S/C75H76N4O/c1-50(2)63-33-24-34-64(51(3)4)71(63)69-48-77(60-42-57(74(10,11)53-27-19-15-20-28-53)41-58(43-60)75(12,13)54-29-21-16-22-30-54)49-78(69)59-31-23-32-61(46-59)80-62-36-37-65-66-44-55(72(5,6)7)35-38-67(66)79(68(65)47-62)70-45-56(39-40-76-70)73(8,9)52-25-17-14-18-26-52/h14-48,50-51H,1-13H3. The molecule has 0 radical (unpaired) electrons. The van der Waals surface area contributed by atoms with Gasteiger partial charge in [0.15, 0.2) is 0 Å². The van der Waals surface area contributed by atoms with Crippen LogP contribution in [-0.4, -0.2) is 14.1 Å². The monoisotopic (exact) mass is 1050 g/mol. The van der Waals surface area contributed by atoms with Gasteiger partial charge in [-0.25, -0.2) is 4.98 Å². The smallest absolute Gasteiger partial charge is 0.269 e. The average molecular weight is 1050 g/mol. The van der Waals surface area contributed by atoms with Crippen molar-refractivity contribution in [1.82, 2.24) is 14.1 Å². The van der Waals surface area contributed by atoms with E-state index in [2.05, 4.69) is 316 Å². The maximum absolute atomic E-state index is 7.03. The zero-order valence-corrected chi connectivity index (χ0v) is 49.1. The number of rotatable bonds is 14. The number of hydrogen-bond donors (Lipinski definition) is 0. The number of pyridine rings is 1. The van der Waals surface area contributed by atoms with Gasteiger partial charge in [0.25, 0.3) is 6.33 Å². The lowest BCUT2D eigenvalue weighted by atomic mass is 9.73. The van der Waals surface area contributed by atoms with Crippen molar-refractivity contribution >= 4 is 21.8 Å². The molecule has 8 aromatic carbocycles. The largest absolute Gasteiger partial charge is 0.458 e. The SMILES string of the molecule is CC(C)c1cccc(C(C)C)c1-c1c[n+](-c2cc(C(C)(C)c3ccccc3)cc(C(C)(C)c3ccccc3)c2)[c-]n1-c1cccc(Oc2ccc3c4cc(C(C)(C)C)ccc4n(-c4cc(C(C)(C)c5ccccc5)ccn4)c3c2)c1. The van der Waals surface area contributed by atoms with E-state index < -0.39 is 0 Å². The zero-order valence-electron chi connectivity index (χ0n) is 49.1. The first-order chi connectivity index (χ1) is 38.2. The molecule has 402 valence electrons. The molecule has 0 N–H and O–H groups in total. The van der Waals surface area contributed by atoms with E-state index in [0.29, 0.717) is 0 Å². The van der Waals surface area contributed by atoms with Crippen LogP contribution < -0.4 is 9.30 Å². The molecule has 0 saturated heterocycles. The second kappa shape index (κ2) is 20.7. The summed E-state index contributed by atoms with van der Waals surface area (Å²) in [6.45, 7) is 30.0. The Hall–Kier alpha value is -8.28. The number of ether oxygens (including phenoxy) is 1. The quantitative estimate of drug-likeness (QED) is 0.0804. The normalized spacial score (nSPS) is 12.5. The molecule has 0 spiro atoms. The first-order valence-electron chi connectivity index (χ1n) is 28.6. The van der Waals surface area contributed by atoms with Crippen molar-refractivity contribution in [3.8, 4) is 39.9 Å². The predicted octanol–water partition coefficient (Wildman–Crippen LogP) is 19.0. The number of fused-ring (bicyclic) bond motifs is 3. The fourth-order valence-electron chi connectivity index (χ4n) is 11.8. The molecule has 0 amide bonds. The Labute approximate surface area is 475 Å². The van der Waals surface area contributed by atoms with Crippen molar-refractivity contribution in [1.29, 1.82) is 0 Å². The molecule has 0 aliphatic rings. The van der Waals surface area contributed by atoms with Crippen molar-refractivity contribution in [2.45, 2.75) is 124 Å². The summed E-state index contributed by atoms with van der Waals surface area (Å²) in [7, 11) is 0. The van der Waals surface area contributed by atoms with Crippen molar-refractivity contribution in [3.05, 3.63) is 269 Å². The molecule has 0 saturated carbocycles. The summed E-state index contributed by atoms with van der Waals surface area (Å²) in [5.41, 5.74) is 16.9. The van der Waals surface area contributed by atoms with Gasteiger partial charge >= 0.3 is 0 Å². The van der Waals surface area contributed by atoms with Gasteiger partial charge in [-0.1, -0.05) is 217 Å². The number of aromatic nitrogens is 4. The van der Waals surface area contributed by atoms with Crippen LogP contribution in [0.4, 0.5) is 0 Å². The van der Waals surface area contributed by atoms with Gasteiger partial charge in [0.1, 0.15) is 17.3 Å². The van der Waals surface area contributed by atoms with E-state index >= 15 is 0 Å². The molecule has 80 heavy (non-hydrogen) atoms. The van der Waals surface area contributed by atoms with Gasteiger partial charge in [0.05, 0.1) is 28.1 Å². The zero-order chi connectivity index (χ0) is 56.3. The minimum Gasteiger partial charge on any atom is -0.458 e. The molecule has 0 aliphatic carbocycles. The van der Waals surface area contributed by atoms with Crippen LogP contribution in [0.2, 0.25) is 0 Å². The lowest BCUT2D eigenvalue weighted by Crippen LogP contribution is -2.31. The molecule has 0 bridgehead atoms. The third-order valence-electron chi connectivity index (χ3n) is 17.1. The second-order valence-corrected chi connectivity index (χ2v) is 25.2. The number of nitrogens with zero attached hydrogens (tertiary/aromatic N) is 4. The van der Waals surface area contributed by atoms with Gasteiger partial charge in [-0.15, -0.1) is 0 Å². The van der Waals surface area contributed by atoms with Crippen molar-refractivity contribution in [3.63, 3.8) is 0 Å². The summed E-state index contributed by atoms with van der Waals surface area (Å²) in [5.74, 6) is 2.89. The summed E-state index contributed by atoms with van der Waals surface area (Å²) < 4.78 is 13.8. The third-order valence-corrected chi connectivity index (χ3v) is 17.1. The fraction of sp³-hybridized carbons (Fsp3) is 0.253. The first-order valence-corrected chi connectivity index (χ1v) is 28.6. The van der Waals surface area contributed by atoms with Crippen LogP contribution >= 0.6 is 0 Å². The minimum atomic E-state index is -0.294. The maximum Gasteiger partial charge on any atom is 0.269 e. The van der Waals surface area contributed by atoms with E-state index in [1.807, 2.05) is 6.20 Å². The molecule has 11 aromatic rings. The fourth-order valence-corrected chi connectivity index (χ4v) is 11.8. The van der Waals surface area contributed by atoms with Crippen LogP contribution in [0.1, 0.15) is 152 Å². The number of hydrogen-bond acceptors (Lipinski definition) is 2. The third kappa shape index (κ3) is 9.97. The summed E-state index contributed by atoms with van der Waals surface area (Å²) >= 11 is 0. The highest BCUT2D eigenvalue weighted by Gasteiger charge is 2.31. The van der Waals surface area contributed by atoms with Gasteiger partial charge in [0.2, 0.25) is 0 Å². The van der Waals surface area contributed by atoms with Gasteiger partial charge in [0, 0.05) is 45.5 Å². The molecule has 11 rings (SSSR count).